The number of nitrogens with one attached hydrogen (secondary N) is 1. The lowest BCUT2D eigenvalue weighted by Gasteiger charge is -2.20. The number of imidazole rings is 1. The summed E-state index contributed by atoms with van der Waals surface area (Å²) in [6.07, 6.45) is 1.32. The smallest absolute Gasteiger partial charge is 0.345 e. The molecule has 0 atom stereocenters. The van der Waals surface area contributed by atoms with Crippen LogP contribution in [0.4, 0.5) is 22.0 Å². The fourth-order valence-corrected chi connectivity index (χ4v) is 3.14. The van der Waals surface area contributed by atoms with Gasteiger partial charge in [-0.1, -0.05) is 6.42 Å². The molecule has 182 valence electrons. The molecule has 34 heavy (non-hydrogen) atoms. The number of alkyl halides is 5. The van der Waals surface area contributed by atoms with Crippen LogP contribution in [0, 0.1) is 11.3 Å². The fraction of sp³-hybridized carbons (Fsp3) is 0.500. The zero-order valence-electron chi connectivity index (χ0n) is 17.9. The monoisotopic (exact) mass is 484 g/mol. The Balaban J connectivity index is 0.000000343. The Morgan fingerprint density at radius 1 is 1.18 bits per heavy atom. The minimum absolute atomic E-state index is 0.0551. The Bertz CT molecular complexity index is 1160. The number of rotatable bonds is 5. The van der Waals surface area contributed by atoms with E-state index in [0.29, 0.717) is 29.7 Å². The molecule has 1 fully saturated rings. The lowest BCUT2D eigenvalue weighted by Crippen LogP contribution is -2.23. The van der Waals surface area contributed by atoms with Crippen molar-refractivity contribution >= 4 is 11.6 Å². The first kappa shape index (κ1) is 25.0. The number of amides is 1. The predicted molar refractivity (Wildman–Crippen MR) is 108 cm³/mol. The number of carbonyl (C=O) groups excluding carboxylic acids is 1. The van der Waals surface area contributed by atoms with Crippen LogP contribution in [0.25, 0.3) is 5.65 Å². The summed E-state index contributed by atoms with van der Waals surface area (Å²) in [6.45, 7) is -0.407. The van der Waals surface area contributed by atoms with Gasteiger partial charge < -0.3 is 5.32 Å². The third-order valence-electron chi connectivity index (χ3n) is 4.88. The molecule has 0 bridgehead atoms. The van der Waals surface area contributed by atoms with Crippen LogP contribution in [0.15, 0.2) is 24.7 Å². The number of aryl methyl sites for hydroxylation is 1. The van der Waals surface area contributed by atoms with E-state index in [1.807, 2.05) is 6.07 Å². The van der Waals surface area contributed by atoms with E-state index < -0.39 is 31.0 Å². The molecule has 1 aliphatic carbocycles. The summed E-state index contributed by atoms with van der Waals surface area (Å²) in [6, 6.07) is 3.49. The first-order chi connectivity index (χ1) is 16.0. The fourth-order valence-electron chi connectivity index (χ4n) is 3.14. The Morgan fingerprint density at radius 3 is 2.53 bits per heavy atom. The van der Waals surface area contributed by atoms with Crippen molar-refractivity contribution < 1.29 is 26.7 Å². The summed E-state index contributed by atoms with van der Waals surface area (Å²) in [5.74, 6) is -2.91. The molecule has 0 aromatic carbocycles. The van der Waals surface area contributed by atoms with Gasteiger partial charge in [0.2, 0.25) is 5.92 Å². The maximum atomic E-state index is 12.2. The van der Waals surface area contributed by atoms with Gasteiger partial charge >= 0.3 is 6.18 Å². The molecule has 3 aromatic heterocycles. The van der Waals surface area contributed by atoms with Crippen molar-refractivity contribution in [3.05, 3.63) is 41.6 Å². The highest BCUT2D eigenvalue weighted by Gasteiger charge is 2.30. The third-order valence-corrected chi connectivity index (χ3v) is 4.88. The number of aromatic nitrogens is 6. The molecule has 0 saturated heterocycles. The molecular weight excluding hydrogens is 463 g/mol. The maximum absolute atomic E-state index is 12.2. The molecule has 1 saturated carbocycles. The highest BCUT2D eigenvalue weighted by molar-refractivity contribution is 5.91. The second-order valence-corrected chi connectivity index (χ2v) is 7.68. The molecule has 4 rings (SSSR count). The van der Waals surface area contributed by atoms with Crippen LogP contribution >= 0.6 is 0 Å². The van der Waals surface area contributed by atoms with Crippen LogP contribution in [-0.2, 0) is 13.1 Å². The zero-order valence-corrected chi connectivity index (χ0v) is 17.9. The second kappa shape index (κ2) is 10.5. The van der Waals surface area contributed by atoms with Crippen molar-refractivity contribution in [2.24, 2.45) is 0 Å². The minimum atomic E-state index is -4.32. The number of nitrogens with zero attached hydrogens (tertiary/aromatic N) is 7. The number of nitriles is 1. The highest BCUT2D eigenvalue weighted by atomic mass is 19.4. The number of carbonyl (C=O) groups is 1. The summed E-state index contributed by atoms with van der Waals surface area (Å²) >= 11 is 0. The van der Waals surface area contributed by atoms with Gasteiger partial charge in [0, 0.05) is 18.9 Å². The highest BCUT2D eigenvalue weighted by Crippen LogP contribution is 2.32. The predicted octanol–water partition coefficient (Wildman–Crippen LogP) is 3.66. The normalized spacial score (nSPS) is 15.3. The summed E-state index contributed by atoms with van der Waals surface area (Å²) < 4.78 is 62.4. The number of hydrogen-bond acceptors (Lipinski definition) is 6. The van der Waals surface area contributed by atoms with Gasteiger partial charge in [-0.2, -0.15) is 33.4 Å². The van der Waals surface area contributed by atoms with E-state index in [2.05, 4.69) is 25.6 Å². The van der Waals surface area contributed by atoms with E-state index in [-0.39, 0.29) is 25.1 Å². The Hall–Kier alpha value is -3.63. The number of hydrogen-bond donors (Lipinski definition) is 1. The van der Waals surface area contributed by atoms with Gasteiger partial charge in [-0.05, 0) is 12.8 Å². The van der Waals surface area contributed by atoms with Crippen molar-refractivity contribution in [1.29, 1.82) is 5.26 Å². The van der Waals surface area contributed by atoms with E-state index in [1.165, 1.54) is 10.7 Å². The van der Waals surface area contributed by atoms with Gasteiger partial charge in [-0.15, -0.1) is 5.10 Å². The molecule has 0 unspecified atom stereocenters. The van der Waals surface area contributed by atoms with Crippen LogP contribution in [0.5, 0.6) is 0 Å². The average Bonchev–Trinajstić information content (AvgIpc) is 3.42. The van der Waals surface area contributed by atoms with Crippen LogP contribution in [0.1, 0.15) is 60.3 Å². The van der Waals surface area contributed by atoms with Crippen molar-refractivity contribution in [3.63, 3.8) is 0 Å². The lowest BCUT2D eigenvalue weighted by atomic mass is 9.97. The molecule has 3 heterocycles. The first-order valence-corrected chi connectivity index (χ1v) is 10.4. The standard InChI is InChI=1S/C14H11F3N8O.C6H10F2/c15-14(16,17)1-2-25-21-7-11(23-25)13(26)19-6-10-8-24-12(22-10)3-9(4-18)5-20-24;7-6(8)4-2-1-3-5-6/h3,5,7-8H,1-2,6H2,(H,19,26);1-5H2. The quantitative estimate of drug-likeness (QED) is 0.553. The van der Waals surface area contributed by atoms with Crippen LogP contribution < -0.4 is 5.32 Å². The summed E-state index contributed by atoms with van der Waals surface area (Å²) in [7, 11) is 0. The summed E-state index contributed by atoms with van der Waals surface area (Å²) in [4.78, 5) is 17.0. The van der Waals surface area contributed by atoms with Crippen molar-refractivity contribution in [3.8, 4) is 6.07 Å². The second-order valence-electron chi connectivity index (χ2n) is 7.68. The lowest BCUT2D eigenvalue weighted by molar-refractivity contribution is -0.137. The van der Waals surface area contributed by atoms with E-state index in [9.17, 15) is 26.7 Å². The largest absolute Gasteiger partial charge is 0.390 e. The van der Waals surface area contributed by atoms with Crippen molar-refractivity contribution in [2.75, 3.05) is 0 Å². The summed E-state index contributed by atoms with van der Waals surface area (Å²) in [5.41, 5.74) is 1.20. The van der Waals surface area contributed by atoms with Crippen molar-refractivity contribution in [1.82, 2.24) is 34.9 Å². The first-order valence-electron chi connectivity index (χ1n) is 10.4. The Kier molecular flexibility index (Phi) is 7.75. The van der Waals surface area contributed by atoms with Gasteiger partial charge in [0.25, 0.3) is 5.91 Å². The topological polar surface area (TPSA) is 114 Å². The molecule has 0 aliphatic heterocycles. The molecule has 1 N–H and O–H groups in total. The molecule has 3 aromatic rings. The average molecular weight is 484 g/mol. The SMILES string of the molecule is FC1(F)CCCCC1.N#Cc1cnn2cc(CNC(=O)c3cnn(CCC(F)(F)F)n3)nc2c1. The minimum Gasteiger partial charge on any atom is -0.345 e. The van der Waals surface area contributed by atoms with Crippen LogP contribution in [0.3, 0.4) is 0 Å². The molecule has 0 spiro atoms. The van der Waals surface area contributed by atoms with E-state index in [1.54, 1.807) is 12.3 Å². The molecule has 14 heteroatoms. The molecule has 9 nitrogen and oxygen atoms in total. The van der Waals surface area contributed by atoms with Crippen molar-refractivity contribution in [2.45, 2.75) is 63.7 Å². The van der Waals surface area contributed by atoms with Gasteiger partial charge in [0.1, 0.15) is 6.07 Å². The third kappa shape index (κ3) is 7.46. The molecular formula is C20H21F5N8O. The van der Waals surface area contributed by atoms with Gasteiger partial charge in [-0.3, -0.25) is 4.79 Å². The van der Waals surface area contributed by atoms with Crippen LogP contribution in [-0.4, -0.2) is 47.6 Å². The molecule has 1 amide bonds. The van der Waals surface area contributed by atoms with Crippen LogP contribution in [0.2, 0.25) is 0 Å². The molecule has 0 radical (unpaired) electrons. The van der Waals surface area contributed by atoms with E-state index >= 15 is 0 Å². The number of halogens is 5. The van der Waals surface area contributed by atoms with Gasteiger partial charge in [0.15, 0.2) is 11.3 Å². The van der Waals surface area contributed by atoms with Gasteiger partial charge in [0.05, 0.1) is 49.4 Å². The Labute approximate surface area is 190 Å². The van der Waals surface area contributed by atoms with E-state index in [0.717, 1.165) is 17.4 Å². The zero-order chi connectivity index (χ0) is 24.8. The maximum Gasteiger partial charge on any atom is 0.390 e. The number of fused-ring (bicyclic) bond motifs is 1. The van der Waals surface area contributed by atoms with E-state index in [4.69, 9.17) is 5.26 Å². The van der Waals surface area contributed by atoms with Gasteiger partial charge in [-0.25, -0.2) is 18.3 Å². The summed E-state index contributed by atoms with van der Waals surface area (Å²) in [5, 5.41) is 22.7. The Morgan fingerprint density at radius 2 is 1.91 bits per heavy atom. The molecule has 1 aliphatic rings.